The number of carbonyl (C=O) groups excluding carboxylic acids is 4. The highest BCUT2D eigenvalue weighted by Gasteiger charge is 2.48. The van der Waals surface area contributed by atoms with Gasteiger partial charge in [-0.1, -0.05) is 26.7 Å². The van der Waals surface area contributed by atoms with Gasteiger partial charge >= 0.3 is 11.9 Å². The van der Waals surface area contributed by atoms with Gasteiger partial charge in [0.1, 0.15) is 5.75 Å². The van der Waals surface area contributed by atoms with Crippen molar-refractivity contribution in [2.45, 2.75) is 122 Å². The lowest BCUT2D eigenvalue weighted by Crippen LogP contribution is -2.49. The minimum atomic E-state index is -1.49. The van der Waals surface area contributed by atoms with E-state index in [0.29, 0.717) is 43.0 Å². The second-order valence-corrected chi connectivity index (χ2v) is 17.3. The molecule has 13 heteroatoms. The van der Waals surface area contributed by atoms with Crippen LogP contribution >= 0.6 is 0 Å². The summed E-state index contributed by atoms with van der Waals surface area (Å²) in [7, 11) is 1.49. The summed E-state index contributed by atoms with van der Waals surface area (Å²) in [5, 5.41) is 0. The predicted octanol–water partition coefficient (Wildman–Crippen LogP) is 8.23. The number of ether oxygens (including phenoxy) is 9. The summed E-state index contributed by atoms with van der Waals surface area (Å²) in [5.41, 5.74) is -1.29. The lowest BCUT2D eigenvalue weighted by atomic mass is 9.77. The Morgan fingerprint density at radius 3 is 1.41 bits per heavy atom. The Hall–Kier alpha value is -4.04. The molecule has 0 unspecified atom stereocenters. The Morgan fingerprint density at radius 2 is 1.02 bits per heavy atom. The summed E-state index contributed by atoms with van der Waals surface area (Å²) in [6.07, 6.45) is 11.2. The Labute approximate surface area is 361 Å². The van der Waals surface area contributed by atoms with Crippen molar-refractivity contribution in [3.63, 3.8) is 0 Å². The molecular formula is C48H68O13. The molecule has 0 atom stereocenters. The minimum Gasteiger partial charge on any atom is -0.493 e. The van der Waals surface area contributed by atoms with Gasteiger partial charge in [0.05, 0.1) is 71.1 Å². The summed E-state index contributed by atoms with van der Waals surface area (Å²) >= 11 is 0. The average Bonchev–Trinajstić information content (AvgIpc) is 3.25. The number of hydrogen-bond acceptors (Lipinski definition) is 13. The number of methoxy groups -OCH3 is 1. The molecule has 338 valence electrons. The van der Waals surface area contributed by atoms with Crippen LogP contribution in [0.3, 0.4) is 0 Å². The van der Waals surface area contributed by atoms with E-state index in [1.54, 1.807) is 30.3 Å². The van der Waals surface area contributed by atoms with Crippen molar-refractivity contribution in [3.8, 4) is 17.2 Å². The number of rotatable bonds is 29. The first-order chi connectivity index (χ1) is 29.6. The standard InChI is InChI=1S/C48H68O13/c1-5-45(33-56-34-45)31-54-23-11-7-9-13-25-58-40-17-15-38(27-37(40)3)43(51)60-47(29-49)19-21-48(30-50,22-20-47)61-44(52)39-16-18-41(42(28-39)53-4)59-26-14-10-8-12-24-55-32-46(6-2)35-57-36-46/h15-18,27-30H,5-14,19-26,31-36H2,1-4H3. The summed E-state index contributed by atoms with van der Waals surface area (Å²) in [6.45, 7) is 13.5. The van der Waals surface area contributed by atoms with Gasteiger partial charge in [0.15, 0.2) is 35.3 Å². The van der Waals surface area contributed by atoms with Crippen LogP contribution in [-0.4, -0.2) is 109 Å². The van der Waals surface area contributed by atoms with Crippen LogP contribution in [0.25, 0.3) is 0 Å². The first-order valence-electron chi connectivity index (χ1n) is 22.3. The van der Waals surface area contributed by atoms with E-state index in [4.69, 9.17) is 42.6 Å². The maximum absolute atomic E-state index is 13.3. The molecular weight excluding hydrogens is 785 g/mol. The van der Waals surface area contributed by atoms with Crippen molar-refractivity contribution >= 4 is 24.5 Å². The molecule has 61 heavy (non-hydrogen) atoms. The maximum Gasteiger partial charge on any atom is 0.339 e. The molecule has 2 aromatic carbocycles. The number of esters is 2. The zero-order valence-electron chi connectivity index (χ0n) is 36.9. The van der Waals surface area contributed by atoms with Crippen LogP contribution in [0.1, 0.15) is 130 Å². The van der Waals surface area contributed by atoms with Crippen molar-refractivity contribution in [1.29, 1.82) is 0 Å². The molecule has 2 heterocycles. The lowest BCUT2D eigenvalue weighted by Gasteiger charge is -2.40. The molecule has 0 N–H and O–H groups in total. The van der Waals surface area contributed by atoms with Gasteiger partial charge in [-0.25, -0.2) is 9.59 Å². The van der Waals surface area contributed by atoms with E-state index >= 15 is 0 Å². The molecule has 0 radical (unpaired) electrons. The highest BCUT2D eigenvalue weighted by molar-refractivity contribution is 5.93. The fourth-order valence-electron chi connectivity index (χ4n) is 7.75. The number of aldehydes is 2. The van der Waals surface area contributed by atoms with Gasteiger partial charge in [-0.05, 0) is 126 Å². The van der Waals surface area contributed by atoms with Crippen LogP contribution in [0.5, 0.6) is 17.2 Å². The van der Waals surface area contributed by atoms with Crippen LogP contribution in [0.4, 0.5) is 0 Å². The number of aryl methyl sites for hydroxylation is 1. The van der Waals surface area contributed by atoms with Crippen LogP contribution in [0, 0.1) is 17.8 Å². The largest absolute Gasteiger partial charge is 0.493 e. The summed E-state index contributed by atoms with van der Waals surface area (Å²) in [6, 6.07) is 9.78. The van der Waals surface area contributed by atoms with Gasteiger partial charge in [0.25, 0.3) is 0 Å². The molecule has 2 aromatic rings. The van der Waals surface area contributed by atoms with Gasteiger partial charge in [-0.3, -0.25) is 9.59 Å². The summed E-state index contributed by atoms with van der Waals surface area (Å²) < 4.78 is 51.5. The summed E-state index contributed by atoms with van der Waals surface area (Å²) in [4.78, 5) is 51.4. The number of carbonyl (C=O) groups is 4. The average molecular weight is 853 g/mol. The SMILES string of the molecule is CCC1(COCCCCCCOc2ccc(C(=O)OC3(C=O)CCC(C=O)(OC(=O)c4ccc(OCCCCCCOCC5(CC)COC5)c(OC)c4)CC3)cc2C)COC1. The van der Waals surface area contributed by atoms with E-state index in [9.17, 15) is 19.2 Å². The van der Waals surface area contributed by atoms with E-state index in [1.165, 1.54) is 13.2 Å². The minimum absolute atomic E-state index is 0.000998. The molecule has 3 fully saturated rings. The Morgan fingerprint density at radius 1 is 0.590 bits per heavy atom. The Balaban J connectivity index is 0.999. The van der Waals surface area contributed by atoms with Crippen LogP contribution < -0.4 is 14.2 Å². The van der Waals surface area contributed by atoms with Gasteiger partial charge < -0.3 is 42.6 Å². The second kappa shape index (κ2) is 23.4. The lowest BCUT2D eigenvalue weighted by molar-refractivity contribution is -0.150. The quantitative estimate of drug-likeness (QED) is 0.0440. The third-order valence-electron chi connectivity index (χ3n) is 12.6. The second-order valence-electron chi connectivity index (χ2n) is 17.3. The van der Waals surface area contributed by atoms with Crippen LogP contribution in [0.2, 0.25) is 0 Å². The van der Waals surface area contributed by atoms with Crippen LogP contribution in [0.15, 0.2) is 36.4 Å². The molecule has 0 aromatic heterocycles. The van der Waals surface area contributed by atoms with Crippen molar-refractivity contribution in [2.24, 2.45) is 10.8 Å². The molecule has 5 rings (SSSR count). The van der Waals surface area contributed by atoms with E-state index < -0.39 is 23.1 Å². The molecule has 3 aliphatic rings. The zero-order chi connectivity index (χ0) is 43.6. The number of hydrogen-bond donors (Lipinski definition) is 0. The monoisotopic (exact) mass is 852 g/mol. The first kappa shape index (κ1) is 48.0. The normalized spacial score (nSPS) is 21.3. The van der Waals surface area contributed by atoms with Crippen LogP contribution in [-0.2, 0) is 38.0 Å². The van der Waals surface area contributed by atoms with Crippen molar-refractivity contribution in [3.05, 3.63) is 53.1 Å². The van der Waals surface area contributed by atoms with Gasteiger partial charge in [-0.2, -0.15) is 0 Å². The number of unbranched alkanes of at least 4 members (excludes halogenated alkanes) is 6. The summed E-state index contributed by atoms with van der Waals surface area (Å²) in [5.74, 6) is 0.167. The van der Waals surface area contributed by atoms with Gasteiger partial charge in [-0.15, -0.1) is 0 Å². The molecule has 13 nitrogen and oxygen atoms in total. The predicted molar refractivity (Wildman–Crippen MR) is 228 cm³/mol. The molecule has 2 aliphatic heterocycles. The highest BCUT2D eigenvalue weighted by Crippen LogP contribution is 2.39. The molecule has 2 saturated heterocycles. The Kier molecular flexibility index (Phi) is 18.4. The molecule has 0 spiro atoms. The smallest absolute Gasteiger partial charge is 0.339 e. The van der Waals surface area contributed by atoms with E-state index in [1.807, 2.05) is 6.92 Å². The van der Waals surface area contributed by atoms with E-state index in [0.717, 1.165) is 123 Å². The fourth-order valence-corrected chi connectivity index (χ4v) is 7.75. The van der Waals surface area contributed by atoms with Crippen molar-refractivity contribution in [1.82, 2.24) is 0 Å². The van der Waals surface area contributed by atoms with Gasteiger partial charge in [0.2, 0.25) is 0 Å². The molecule has 1 saturated carbocycles. The molecule has 1 aliphatic carbocycles. The number of benzene rings is 2. The van der Waals surface area contributed by atoms with Crippen molar-refractivity contribution < 1.29 is 61.8 Å². The third-order valence-corrected chi connectivity index (χ3v) is 12.6. The Bertz CT molecular complexity index is 1700. The highest BCUT2D eigenvalue weighted by atomic mass is 16.6. The van der Waals surface area contributed by atoms with E-state index in [2.05, 4.69) is 13.8 Å². The molecule has 0 amide bonds. The van der Waals surface area contributed by atoms with Crippen molar-refractivity contribution in [2.75, 3.05) is 73.2 Å². The molecule has 0 bridgehead atoms. The first-order valence-corrected chi connectivity index (χ1v) is 22.3. The fraction of sp³-hybridized carbons (Fsp3) is 0.667. The van der Waals surface area contributed by atoms with Gasteiger partial charge in [0, 0.05) is 24.0 Å². The third kappa shape index (κ3) is 13.5. The topological polar surface area (TPSA) is 151 Å². The maximum atomic E-state index is 13.3. The van der Waals surface area contributed by atoms with E-state index in [-0.39, 0.29) is 47.6 Å². The zero-order valence-corrected chi connectivity index (χ0v) is 36.9.